The van der Waals surface area contributed by atoms with Crippen LogP contribution in [-0.2, 0) is 4.79 Å². The number of hydrogen-bond acceptors (Lipinski definition) is 3. The predicted octanol–water partition coefficient (Wildman–Crippen LogP) is 1.76. The molecule has 1 aromatic heterocycles. The minimum Gasteiger partial charge on any atom is -0.476 e. The molecule has 1 unspecified atom stereocenters. The summed E-state index contributed by atoms with van der Waals surface area (Å²) in [4.78, 5) is 26.1. The van der Waals surface area contributed by atoms with Gasteiger partial charge in [-0.3, -0.25) is 4.79 Å². The Morgan fingerprint density at radius 2 is 2.25 bits per heavy atom. The number of pyridine rings is 1. The Hall–Kier alpha value is -1.91. The molecule has 0 aliphatic rings. The fourth-order valence-electron chi connectivity index (χ4n) is 1.12. The van der Waals surface area contributed by atoms with E-state index in [9.17, 15) is 9.59 Å². The molecule has 1 atom stereocenters. The largest absolute Gasteiger partial charge is 0.476 e. The van der Waals surface area contributed by atoms with E-state index in [1.54, 1.807) is 13.0 Å². The van der Waals surface area contributed by atoms with Crippen molar-refractivity contribution >= 4 is 17.6 Å². The van der Waals surface area contributed by atoms with Crippen LogP contribution in [0.25, 0.3) is 0 Å². The van der Waals surface area contributed by atoms with Crippen LogP contribution in [0.3, 0.4) is 0 Å². The highest BCUT2D eigenvalue weighted by atomic mass is 16.4. The number of aromatic nitrogens is 1. The van der Waals surface area contributed by atoms with Crippen molar-refractivity contribution in [3.63, 3.8) is 0 Å². The second-order valence-electron chi connectivity index (χ2n) is 3.50. The van der Waals surface area contributed by atoms with Crippen molar-refractivity contribution < 1.29 is 14.7 Å². The molecule has 1 amide bonds. The summed E-state index contributed by atoms with van der Waals surface area (Å²) in [7, 11) is 0. The maximum atomic E-state index is 11.6. The van der Waals surface area contributed by atoms with Gasteiger partial charge in [0.2, 0.25) is 5.91 Å². The van der Waals surface area contributed by atoms with Crippen molar-refractivity contribution in [1.29, 1.82) is 0 Å². The smallest absolute Gasteiger partial charge is 0.356 e. The van der Waals surface area contributed by atoms with Crippen LogP contribution in [0, 0.1) is 5.92 Å². The summed E-state index contributed by atoms with van der Waals surface area (Å²) >= 11 is 0. The number of anilines is 1. The Kier molecular flexibility index (Phi) is 3.99. The number of hydrogen-bond donors (Lipinski definition) is 2. The number of aromatic carboxylic acids is 1. The Morgan fingerprint density at radius 1 is 1.56 bits per heavy atom. The lowest BCUT2D eigenvalue weighted by Crippen LogP contribution is -2.21. The monoisotopic (exact) mass is 222 g/mol. The van der Waals surface area contributed by atoms with Crippen molar-refractivity contribution in [3.8, 4) is 0 Å². The van der Waals surface area contributed by atoms with Gasteiger partial charge in [0, 0.05) is 12.1 Å². The first-order valence-corrected chi connectivity index (χ1v) is 5.05. The molecule has 5 heteroatoms. The van der Waals surface area contributed by atoms with E-state index in [2.05, 4.69) is 10.3 Å². The van der Waals surface area contributed by atoms with E-state index in [0.29, 0.717) is 6.42 Å². The average Bonchev–Trinajstić information content (AvgIpc) is 2.28. The number of carbonyl (C=O) groups is 2. The van der Waals surface area contributed by atoms with Crippen molar-refractivity contribution in [2.45, 2.75) is 20.3 Å². The van der Waals surface area contributed by atoms with Crippen LogP contribution in [0.2, 0.25) is 0 Å². The van der Waals surface area contributed by atoms with Crippen molar-refractivity contribution in [2.24, 2.45) is 5.92 Å². The number of carboxylic acid groups (broad SMARTS) is 1. The van der Waals surface area contributed by atoms with Gasteiger partial charge in [0.25, 0.3) is 0 Å². The zero-order valence-corrected chi connectivity index (χ0v) is 9.23. The third-order valence-electron chi connectivity index (χ3n) is 2.33. The number of nitrogens with zero attached hydrogens (tertiary/aromatic N) is 1. The molecule has 2 N–H and O–H groups in total. The van der Waals surface area contributed by atoms with E-state index in [1.165, 1.54) is 12.3 Å². The second-order valence-corrected chi connectivity index (χ2v) is 3.50. The second kappa shape index (κ2) is 5.25. The summed E-state index contributed by atoms with van der Waals surface area (Å²) in [6.45, 7) is 3.68. The molecule has 0 saturated heterocycles. The van der Waals surface area contributed by atoms with Crippen LogP contribution in [0.4, 0.5) is 5.69 Å². The van der Waals surface area contributed by atoms with Gasteiger partial charge in [0.1, 0.15) is 0 Å². The Balaban J connectivity index is 2.89. The van der Waals surface area contributed by atoms with Crippen LogP contribution in [0.1, 0.15) is 30.8 Å². The molecule has 86 valence electrons. The molecular formula is C11H14N2O3. The topological polar surface area (TPSA) is 79.3 Å². The standard InChI is InChI=1S/C11H14N2O3/c1-3-7(2)10(14)13-8-5-4-6-12-9(8)11(15)16/h4-7H,3H2,1-2H3,(H,13,14)(H,15,16). The highest BCUT2D eigenvalue weighted by molar-refractivity contribution is 5.99. The molecule has 1 aromatic rings. The molecule has 5 nitrogen and oxygen atoms in total. The third-order valence-corrected chi connectivity index (χ3v) is 2.33. The summed E-state index contributed by atoms with van der Waals surface area (Å²) < 4.78 is 0. The summed E-state index contributed by atoms with van der Waals surface area (Å²) in [6.07, 6.45) is 2.08. The predicted molar refractivity (Wildman–Crippen MR) is 59.3 cm³/mol. The minimum absolute atomic E-state index is 0.140. The van der Waals surface area contributed by atoms with Crippen LogP contribution in [-0.4, -0.2) is 22.0 Å². The van der Waals surface area contributed by atoms with Gasteiger partial charge in [-0.1, -0.05) is 13.8 Å². The third kappa shape index (κ3) is 2.79. The number of rotatable bonds is 4. The average molecular weight is 222 g/mol. The van der Waals surface area contributed by atoms with Crippen molar-refractivity contribution in [1.82, 2.24) is 4.98 Å². The SMILES string of the molecule is CCC(C)C(=O)Nc1cccnc1C(=O)O. The van der Waals surface area contributed by atoms with Gasteiger partial charge < -0.3 is 10.4 Å². The molecule has 0 aliphatic heterocycles. The lowest BCUT2D eigenvalue weighted by Gasteiger charge is -2.10. The van der Waals surface area contributed by atoms with Gasteiger partial charge in [-0.15, -0.1) is 0 Å². The van der Waals surface area contributed by atoms with E-state index in [4.69, 9.17) is 5.11 Å². The van der Waals surface area contributed by atoms with E-state index < -0.39 is 5.97 Å². The lowest BCUT2D eigenvalue weighted by molar-refractivity contribution is -0.119. The van der Waals surface area contributed by atoms with Crippen LogP contribution < -0.4 is 5.32 Å². The number of nitrogens with one attached hydrogen (secondary N) is 1. The van der Waals surface area contributed by atoms with E-state index in [0.717, 1.165) is 0 Å². The molecule has 0 aromatic carbocycles. The molecule has 0 bridgehead atoms. The number of carbonyl (C=O) groups excluding carboxylic acids is 1. The molecule has 0 radical (unpaired) electrons. The molecule has 0 aliphatic carbocycles. The van der Waals surface area contributed by atoms with E-state index in [-0.39, 0.29) is 23.2 Å². The van der Waals surface area contributed by atoms with E-state index in [1.807, 2.05) is 6.92 Å². The molecule has 0 spiro atoms. The zero-order valence-electron chi connectivity index (χ0n) is 9.23. The molecule has 1 heterocycles. The summed E-state index contributed by atoms with van der Waals surface area (Å²) in [5.41, 5.74) is 0.0967. The maximum absolute atomic E-state index is 11.6. The molecule has 0 fully saturated rings. The molecule has 16 heavy (non-hydrogen) atoms. The van der Waals surface area contributed by atoms with Gasteiger partial charge in [-0.2, -0.15) is 0 Å². The van der Waals surface area contributed by atoms with Gasteiger partial charge in [-0.05, 0) is 18.6 Å². The van der Waals surface area contributed by atoms with Crippen LogP contribution in [0.5, 0.6) is 0 Å². The Labute approximate surface area is 93.5 Å². The van der Waals surface area contributed by atoms with Gasteiger partial charge >= 0.3 is 5.97 Å². The van der Waals surface area contributed by atoms with Crippen LogP contribution >= 0.6 is 0 Å². The first-order chi connectivity index (χ1) is 7.56. The Bertz CT molecular complexity index is 404. The van der Waals surface area contributed by atoms with E-state index >= 15 is 0 Å². The quantitative estimate of drug-likeness (QED) is 0.813. The van der Waals surface area contributed by atoms with Gasteiger partial charge in [0.15, 0.2) is 5.69 Å². The first-order valence-electron chi connectivity index (χ1n) is 5.05. The highest BCUT2D eigenvalue weighted by Gasteiger charge is 2.16. The van der Waals surface area contributed by atoms with Crippen LogP contribution in [0.15, 0.2) is 18.3 Å². The summed E-state index contributed by atoms with van der Waals surface area (Å²) in [5, 5.41) is 11.4. The first kappa shape index (κ1) is 12.2. The highest BCUT2D eigenvalue weighted by Crippen LogP contribution is 2.14. The zero-order chi connectivity index (χ0) is 12.1. The number of carboxylic acids is 1. The van der Waals surface area contributed by atoms with Gasteiger partial charge in [-0.25, -0.2) is 9.78 Å². The fourth-order valence-corrected chi connectivity index (χ4v) is 1.12. The Morgan fingerprint density at radius 3 is 2.81 bits per heavy atom. The summed E-state index contributed by atoms with van der Waals surface area (Å²) in [6, 6.07) is 3.11. The molecule has 0 saturated carbocycles. The normalized spacial score (nSPS) is 11.9. The molecule has 1 rings (SSSR count). The maximum Gasteiger partial charge on any atom is 0.356 e. The number of amides is 1. The lowest BCUT2D eigenvalue weighted by atomic mass is 10.1. The summed E-state index contributed by atoms with van der Waals surface area (Å²) in [5.74, 6) is -1.50. The van der Waals surface area contributed by atoms with Crippen molar-refractivity contribution in [3.05, 3.63) is 24.0 Å². The fraction of sp³-hybridized carbons (Fsp3) is 0.364. The molecular weight excluding hydrogens is 208 g/mol. The van der Waals surface area contributed by atoms with Gasteiger partial charge in [0.05, 0.1) is 5.69 Å². The van der Waals surface area contributed by atoms with Crippen molar-refractivity contribution in [2.75, 3.05) is 5.32 Å². The minimum atomic E-state index is -1.15.